The average molecular weight is 646 g/mol. The molecule has 0 spiro atoms. The van der Waals surface area contributed by atoms with Crippen LogP contribution in [0.15, 0.2) is 30.0 Å². The van der Waals surface area contributed by atoms with Gasteiger partial charge in [0.15, 0.2) is 21.1 Å². The molecule has 0 amide bonds. The standard InChI is InChI=1S/C10H5N8O2S.C9H4N8O2S.Co/c1-20-8-6(7(19)15-10(21)16-8)17-18-9-13-4(2-11)5(3-12)14-9;1-10-4-5(11-2)13-8(12-4)17-16-3-6(18)14-9(20)15-7(3)19;/h1H2,(H3,13,14,15,16,17,18,19,21);(H4,12,13,14,15,16,17,18,19,20);/q-1;;+2/p-2. The first-order valence-electron chi connectivity index (χ1n) is 9.96. The van der Waals surface area contributed by atoms with Gasteiger partial charge in [-0.25, -0.2) is 11.7 Å². The van der Waals surface area contributed by atoms with Crippen LogP contribution in [-0.4, -0.2) is 35.0 Å². The third kappa shape index (κ3) is 7.50. The molecule has 4 rings (SSSR count). The van der Waals surface area contributed by atoms with Crippen LogP contribution in [-0.2, 0) is 16.8 Å². The Bertz CT molecular complexity index is 2040. The average Bonchev–Trinajstić information content (AvgIpc) is 3.54. The molecule has 0 aliphatic heterocycles. The zero-order valence-electron chi connectivity index (χ0n) is 19.9. The van der Waals surface area contributed by atoms with Gasteiger partial charge in [-0.05, 0) is 24.4 Å². The number of hydrogen-bond donors (Lipinski definition) is 5. The van der Waals surface area contributed by atoms with E-state index in [-0.39, 0.29) is 72.8 Å². The Morgan fingerprint density at radius 3 is 2.00 bits per heavy atom. The summed E-state index contributed by atoms with van der Waals surface area (Å²) < 4.78 is 4.64. The van der Waals surface area contributed by atoms with Crippen LogP contribution in [0.2, 0.25) is 0 Å². The number of rotatable bonds is 5. The molecule has 0 fully saturated rings. The third-order valence-electron chi connectivity index (χ3n) is 4.09. The molecule has 0 bridgehead atoms. The first-order chi connectivity index (χ1) is 19.6. The molecule has 42 heavy (non-hydrogen) atoms. The van der Waals surface area contributed by atoms with Crippen molar-refractivity contribution in [1.82, 2.24) is 39.9 Å². The van der Waals surface area contributed by atoms with Gasteiger partial charge in [0.1, 0.15) is 18.0 Å². The number of H-pyrrole nitrogens is 4. The van der Waals surface area contributed by atoms with Crippen molar-refractivity contribution in [2.24, 2.45) is 20.5 Å². The van der Waals surface area contributed by atoms with Gasteiger partial charge < -0.3 is 39.5 Å². The minimum atomic E-state index is -0.752. The van der Waals surface area contributed by atoms with Crippen LogP contribution in [0.5, 0.6) is 11.8 Å². The predicted octanol–water partition coefficient (Wildman–Crippen LogP) is 3.12. The second-order valence-corrected chi connectivity index (χ2v) is 7.39. The normalized spacial score (nSPS) is 10.0. The number of aromatic nitrogens is 8. The number of hydrogen-bond acceptors (Lipinski definition) is 14. The predicted molar refractivity (Wildman–Crippen MR) is 138 cm³/mol. The number of aromatic amines is 4. The zero-order chi connectivity index (χ0) is 30.1. The topological polar surface area (TPSA) is 286 Å². The molecule has 0 saturated carbocycles. The summed E-state index contributed by atoms with van der Waals surface area (Å²) in [6.07, 6.45) is 0. The Hall–Kier alpha value is -6.11. The van der Waals surface area contributed by atoms with Gasteiger partial charge in [0.05, 0.1) is 17.2 Å². The molecule has 0 saturated heterocycles. The number of imidazole rings is 2. The summed E-state index contributed by atoms with van der Waals surface area (Å²) in [4.78, 5) is 53.0. The fourth-order valence-electron chi connectivity index (χ4n) is 2.45. The van der Waals surface area contributed by atoms with E-state index in [1.807, 2.05) is 0 Å². The summed E-state index contributed by atoms with van der Waals surface area (Å²) in [5, 5.41) is 41.1. The summed E-state index contributed by atoms with van der Waals surface area (Å²) in [5.74, 6) is -1.58. The van der Waals surface area contributed by atoms with Crippen molar-refractivity contribution in [3.05, 3.63) is 71.6 Å². The van der Waals surface area contributed by atoms with Crippen molar-refractivity contribution < 1.29 is 26.6 Å². The molecule has 1 radical (unpaired) electrons. The van der Waals surface area contributed by atoms with Crippen molar-refractivity contribution in [2.75, 3.05) is 0 Å². The van der Waals surface area contributed by atoms with Gasteiger partial charge in [0, 0.05) is 5.95 Å². The summed E-state index contributed by atoms with van der Waals surface area (Å²) >= 11 is 9.40. The number of nitrogens with one attached hydrogen (secondary N) is 4. The van der Waals surface area contributed by atoms with E-state index in [9.17, 15) is 14.7 Å². The zero-order valence-corrected chi connectivity index (χ0v) is 22.6. The molecule has 0 unspecified atom stereocenters. The van der Waals surface area contributed by atoms with Gasteiger partial charge in [0.2, 0.25) is 17.5 Å². The van der Waals surface area contributed by atoms with Crippen LogP contribution in [0.25, 0.3) is 9.69 Å². The van der Waals surface area contributed by atoms with E-state index in [0.29, 0.717) is 0 Å². The van der Waals surface area contributed by atoms with Gasteiger partial charge in [-0.3, -0.25) is 34.6 Å². The molecule has 0 aliphatic carbocycles. The molecule has 209 valence electrons. The second kappa shape index (κ2) is 14.3. The molecule has 0 atom stereocenters. The fraction of sp³-hybridized carbons (Fsp3) is 0. The van der Waals surface area contributed by atoms with Gasteiger partial charge in [0.25, 0.3) is 11.1 Å². The van der Waals surface area contributed by atoms with Gasteiger partial charge in [-0.2, -0.15) is 17.6 Å². The van der Waals surface area contributed by atoms with E-state index in [2.05, 4.69) is 94.1 Å². The maximum absolute atomic E-state index is 11.7. The van der Waals surface area contributed by atoms with Gasteiger partial charge in [-0.1, -0.05) is 6.57 Å². The minimum Gasteiger partial charge on any atom is -0.652 e. The monoisotopic (exact) mass is 646 g/mol. The Morgan fingerprint density at radius 1 is 0.905 bits per heavy atom. The Labute approximate surface area is 251 Å². The SMILES string of the molecule is [C-]#[N+]c1nc(N=Nc2c(O)[nH]c(=S)[nH]c2=O)[n-]c1[N+]#[C-].[CH2-]Oc1[nH]c(=S)[nH]c(=O)c1N=Nc1nc(C#N)c(C#N)[n-]1.[Co+2]. The van der Waals surface area contributed by atoms with Gasteiger partial charge >= 0.3 is 16.8 Å². The second-order valence-electron chi connectivity index (χ2n) is 6.57. The maximum Gasteiger partial charge on any atom is 2.00 e. The number of nitriles is 2. The van der Waals surface area contributed by atoms with E-state index < -0.39 is 22.7 Å². The first-order valence-corrected chi connectivity index (χ1v) is 10.8. The maximum atomic E-state index is 11.7. The van der Waals surface area contributed by atoms with Crippen LogP contribution in [0.4, 0.5) is 34.9 Å². The molecule has 20 nitrogen and oxygen atoms in total. The number of ether oxygens (including phenoxy) is 1. The molecule has 4 aromatic heterocycles. The van der Waals surface area contributed by atoms with E-state index in [4.69, 9.17) is 35.9 Å². The van der Waals surface area contributed by atoms with Crippen LogP contribution in [0.3, 0.4) is 0 Å². The van der Waals surface area contributed by atoms with Crippen molar-refractivity contribution in [2.45, 2.75) is 0 Å². The molecule has 23 heteroatoms. The Morgan fingerprint density at radius 2 is 1.50 bits per heavy atom. The van der Waals surface area contributed by atoms with Gasteiger partial charge in [-0.15, -0.1) is 10.2 Å². The number of azo groups is 2. The molecule has 0 aromatic carbocycles. The van der Waals surface area contributed by atoms with E-state index in [1.54, 1.807) is 12.1 Å². The Kier molecular flexibility index (Phi) is 10.9. The smallest absolute Gasteiger partial charge is 0.652 e. The molecule has 4 aromatic rings. The molecule has 5 N–H and O–H groups in total. The first kappa shape index (κ1) is 32.1. The van der Waals surface area contributed by atoms with E-state index >= 15 is 0 Å². The van der Waals surface area contributed by atoms with Crippen molar-refractivity contribution in [3.63, 3.8) is 0 Å². The summed E-state index contributed by atoms with van der Waals surface area (Å²) in [7, 11) is 3.15. The largest absolute Gasteiger partial charge is 2.00 e. The summed E-state index contributed by atoms with van der Waals surface area (Å²) in [6, 6.07) is 3.37. The molecular weight excluding hydrogens is 639 g/mol. The summed E-state index contributed by atoms with van der Waals surface area (Å²) in [6.45, 7) is 13.6. The van der Waals surface area contributed by atoms with Crippen LogP contribution < -0.4 is 25.8 Å². The molecular formula is C19H7CoN16O4S2-. The van der Waals surface area contributed by atoms with Crippen LogP contribution >= 0.6 is 24.4 Å². The number of nitrogens with zero attached hydrogens (tertiary/aromatic N) is 12. The van der Waals surface area contributed by atoms with Crippen LogP contribution in [0, 0.1) is 52.5 Å². The van der Waals surface area contributed by atoms with E-state index in [0.717, 1.165) is 0 Å². The molecule has 0 aliphatic rings. The van der Waals surface area contributed by atoms with Crippen molar-refractivity contribution >= 4 is 59.3 Å². The third-order valence-corrected chi connectivity index (χ3v) is 4.50. The van der Waals surface area contributed by atoms with Crippen LogP contribution in [0.1, 0.15) is 11.4 Å². The Balaban J connectivity index is 0.000000287. The fourth-order valence-corrected chi connectivity index (χ4v) is 2.82. The quantitative estimate of drug-likeness (QED) is 0.119. The van der Waals surface area contributed by atoms with E-state index in [1.165, 1.54) is 0 Å². The number of aromatic hydroxyl groups is 1. The molecule has 4 heterocycles. The van der Waals surface area contributed by atoms with Crippen molar-refractivity contribution in [3.8, 4) is 23.9 Å². The summed E-state index contributed by atoms with van der Waals surface area (Å²) in [5.41, 5.74) is -2.42. The minimum absolute atomic E-state index is 0. The van der Waals surface area contributed by atoms with Crippen molar-refractivity contribution in [1.29, 1.82) is 10.5 Å².